The summed E-state index contributed by atoms with van der Waals surface area (Å²) in [4.78, 5) is 41.0. The van der Waals surface area contributed by atoms with Crippen molar-refractivity contribution in [1.29, 1.82) is 0 Å². The molecule has 0 spiro atoms. The lowest BCUT2D eigenvalue weighted by Gasteiger charge is -2.41. The molecule has 2 saturated carbocycles. The van der Waals surface area contributed by atoms with Gasteiger partial charge in [0.2, 0.25) is 17.7 Å². The number of hydrogen-bond donors (Lipinski definition) is 0. The summed E-state index contributed by atoms with van der Waals surface area (Å²) < 4.78 is 0. The van der Waals surface area contributed by atoms with Crippen molar-refractivity contribution >= 4 is 17.7 Å². The van der Waals surface area contributed by atoms with E-state index in [0.717, 1.165) is 51.1 Å². The van der Waals surface area contributed by atoms with Gasteiger partial charge in [-0.15, -0.1) is 0 Å². The number of likely N-dealkylation sites (tertiary alicyclic amines) is 2. The van der Waals surface area contributed by atoms with Crippen LogP contribution >= 0.6 is 0 Å². The standard InChI is InChI=1S/C19H28N2O3/c22-17(20-10-9-13-5-1-2-6-14(13)11-20)12-21-18(23)15-7-3-4-8-16(15)19(21)24/h13-16H,1-12H2/t13?,14?,15-,16+. The Bertz CT molecular complexity index is 523. The predicted octanol–water partition coefficient (Wildman–Crippen LogP) is 2.20. The second-order valence-corrected chi connectivity index (χ2v) is 8.19. The topological polar surface area (TPSA) is 57.7 Å². The number of hydrogen-bond acceptors (Lipinski definition) is 3. The maximum atomic E-state index is 12.7. The highest BCUT2D eigenvalue weighted by atomic mass is 16.2. The number of nitrogens with zero attached hydrogens (tertiary/aromatic N) is 2. The maximum absolute atomic E-state index is 12.7. The van der Waals surface area contributed by atoms with E-state index in [1.54, 1.807) is 0 Å². The van der Waals surface area contributed by atoms with Gasteiger partial charge in [0, 0.05) is 13.1 Å². The first-order valence-corrected chi connectivity index (χ1v) is 9.78. The Morgan fingerprint density at radius 3 is 2.08 bits per heavy atom. The quantitative estimate of drug-likeness (QED) is 0.729. The Labute approximate surface area is 143 Å². The zero-order valence-corrected chi connectivity index (χ0v) is 14.4. The Balaban J connectivity index is 1.39. The first-order valence-electron chi connectivity index (χ1n) is 9.78. The maximum Gasteiger partial charge on any atom is 0.242 e. The Kier molecular flexibility index (Phi) is 4.35. The van der Waals surface area contributed by atoms with Crippen LogP contribution in [0.1, 0.15) is 57.8 Å². The molecule has 24 heavy (non-hydrogen) atoms. The lowest BCUT2D eigenvalue weighted by molar-refractivity contribution is -0.147. The van der Waals surface area contributed by atoms with Crippen molar-refractivity contribution in [1.82, 2.24) is 9.80 Å². The number of imide groups is 1. The van der Waals surface area contributed by atoms with E-state index in [2.05, 4.69) is 0 Å². The fourth-order valence-electron chi connectivity index (χ4n) is 5.45. The van der Waals surface area contributed by atoms with Crippen molar-refractivity contribution in [3.05, 3.63) is 0 Å². The van der Waals surface area contributed by atoms with E-state index in [-0.39, 0.29) is 36.1 Å². The zero-order valence-electron chi connectivity index (χ0n) is 14.4. The SMILES string of the molecule is O=C(CN1C(=O)[C@H]2CCCC[C@H]2C1=O)N1CCC2CCCCC2C1. The molecule has 0 bridgehead atoms. The Hall–Kier alpha value is -1.39. The third kappa shape index (κ3) is 2.76. The molecule has 2 saturated heterocycles. The number of rotatable bonds is 2. The number of carbonyl (C=O) groups is 3. The lowest BCUT2D eigenvalue weighted by atomic mass is 9.75. The van der Waals surface area contributed by atoms with Crippen LogP contribution in [0.2, 0.25) is 0 Å². The summed E-state index contributed by atoms with van der Waals surface area (Å²) >= 11 is 0. The van der Waals surface area contributed by atoms with Crippen LogP contribution in [-0.4, -0.2) is 47.2 Å². The summed E-state index contributed by atoms with van der Waals surface area (Å²) in [7, 11) is 0. The molecule has 5 heteroatoms. The highest BCUT2D eigenvalue weighted by Crippen LogP contribution is 2.39. The van der Waals surface area contributed by atoms with Gasteiger partial charge < -0.3 is 4.90 Å². The molecule has 4 aliphatic rings. The van der Waals surface area contributed by atoms with Gasteiger partial charge in [-0.05, 0) is 37.5 Å². The summed E-state index contributed by atoms with van der Waals surface area (Å²) in [6.07, 6.45) is 9.89. The summed E-state index contributed by atoms with van der Waals surface area (Å²) in [6, 6.07) is 0. The second kappa shape index (κ2) is 6.49. The van der Waals surface area contributed by atoms with Gasteiger partial charge in [0.05, 0.1) is 11.8 Å². The molecule has 2 aliphatic carbocycles. The first-order chi connectivity index (χ1) is 11.6. The predicted molar refractivity (Wildman–Crippen MR) is 88.8 cm³/mol. The molecule has 132 valence electrons. The summed E-state index contributed by atoms with van der Waals surface area (Å²) in [5.74, 6) is 0.895. The van der Waals surface area contributed by atoms with Gasteiger partial charge in [0.15, 0.2) is 0 Å². The summed E-state index contributed by atoms with van der Waals surface area (Å²) in [5, 5.41) is 0. The number of piperidine rings is 1. The highest BCUT2D eigenvalue weighted by Gasteiger charge is 2.49. The van der Waals surface area contributed by atoms with Crippen molar-refractivity contribution in [2.24, 2.45) is 23.7 Å². The van der Waals surface area contributed by atoms with Crippen molar-refractivity contribution in [3.8, 4) is 0 Å². The van der Waals surface area contributed by atoms with Crippen molar-refractivity contribution < 1.29 is 14.4 Å². The molecule has 0 aromatic rings. The lowest BCUT2D eigenvalue weighted by Crippen LogP contribution is -2.49. The van der Waals surface area contributed by atoms with Crippen LogP contribution in [0.3, 0.4) is 0 Å². The summed E-state index contributed by atoms with van der Waals surface area (Å²) in [6.45, 7) is 1.59. The summed E-state index contributed by atoms with van der Waals surface area (Å²) in [5.41, 5.74) is 0. The second-order valence-electron chi connectivity index (χ2n) is 8.19. The van der Waals surface area contributed by atoms with Gasteiger partial charge in [0.25, 0.3) is 0 Å². The van der Waals surface area contributed by atoms with Gasteiger partial charge >= 0.3 is 0 Å². The number of fused-ring (bicyclic) bond motifs is 2. The monoisotopic (exact) mass is 332 g/mol. The van der Waals surface area contributed by atoms with Crippen LogP contribution in [0, 0.1) is 23.7 Å². The molecule has 0 radical (unpaired) electrons. The largest absolute Gasteiger partial charge is 0.341 e. The van der Waals surface area contributed by atoms with E-state index in [1.807, 2.05) is 4.90 Å². The smallest absolute Gasteiger partial charge is 0.242 e. The molecule has 4 fully saturated rings. The highest BCUT2D eigenvalue weighted by molar-refractivity contribution is 6.07. The van der Waals surface area contributed by atoms with Crippen molar-refractivity contribution in [2.45, 2.75) is 57.8 Å². The minimum absolute atomic E-state index is 0.0257. The van der Waals surface area contributed by atoms with Crippen LogP contribution in [0.4, 0.5) is 0 Å². The van der Waals surface area contributed by atoms with E-state index in [9.17, 15) is 14.4 Å². The first kappa shape index (κ1) is 16.1. The van der Waals surface area contributed by atoms with E-state index >= 15 is 0 Å². The molecule has 2 aliphatic heterocycles. The van der Waals surface area contributed by atoms with Crippen LogP contribution in [0.5, 0.6) is 0 Å². The van der Waals surface area contributed by atoms with Gasteiger partial charge in [-0.1, -0.05) is 32.1 Å². The molecule has 2 unspecified atom stereocenters. The molecule has 2 heterocycles. The minimum Gasteiger partial charge on any atom is -0.341 e. The molecular formula is C19H28N2O3. The molecule has 5 nitrogen and oxygen atoms in total. The number of amides is 3. The fourth-order valence-corrected chi connectivity index (χ4v) is 5.45. The molecule has 0 aromatic heterocycles. The van der Waals surface area contributed by atoms with Crippen LogP contribution in [-0.2, 0) is 14.4 Å². The van der Waals surface area contributed by atoms with Crippen LogP contribution in [0.25, 0.3) is 0 Å². The van der Waals surface area contributed by atoms with Crippen molar-refractivity contribution in [3.63, 3.8) is 0 Å². The van der Waals surface area contributed by atoms with Gasteiger partial charge in [-0.3, -0.25) is 19.3 Å². The van der Waals surface area contributed by atoms with Crippen molar-refractivity contribution in [2.75, 3.05) is 19.6 Å². The fraction of sp³-hybridized carbons (Fsp3) is 0.842. The van der Waals surface area contributed by atoms with Gasteiger partial charge in [0.1, 0.15) is 6.54 Å². The Morgan fingerprint density at radius 1 is 0.833 bits per heavy atom. The molecule has 3 amide bonds. The average Bonchev–Trinajstić information content (AvgIpc) is 2.86. The van der Waals surface area contributed by atoms with Gasteiger partial charge in [-0.2, -0.15) is 0 Å². The van der Waals surface area contributed by atoms with E-state index in [1.165, 1.54) is 30.6 Å². The van der Waals surface area contributed by atoms with Crippen LogP contribution < -0.4 is 0 Å². The van der Waals surface area contributed by atoms with E-state index in [0.29, 0.717) is 5.92 Å². The minimum atomic E-state index is -0.150. The molecule has 0 aromatic carbocycles. The van der Waals surface area contributed by atoms with E-state index in [4.69, 9.17) is 0 Å². The third-order valence-corrected chi connectivity index (χ3v) is 6.87. The average molecular weight is 332 g/mol. The van der Waals surface area contributed by atoms with E-state index < -0.39 is 0 Å². The molecule has 4 rings (SSSR count). The normalized spacial score (nSPS) is 36.5. The molecule has 4 atom stereocenters. The third-order valence-electron chi connectivity index (χ3n) is 6.87. The number of carbonyl (C=O) groups excluding carboxylic acids is 3. The Morgan fingerprint density at radius 2 is 1.42 bits per heavy atom. The van der Waals surface area contributed by atoms with Crippen LogP contribution in [0.15, 0.2) is 0 Å². The van der Waals surface area contributed by atoms with Gasteiger partial charge in [-0.25, -0.2) is 0 Å². The molecule has 0 N–H and O–H groups in total. The zero-order chi connectivity index (χ0) is 16.7. The molecular weight excluding hydrogens is 304 g/mol.